The molecule has 2 aromatic carbocycles. The molecule has 0 saturated heterocycles. The van der Waals surface area contributed by atoms with Crippen LogP contribution in [-0.2, 0) is 27.9 Å². The van der Waals surface area contributed by atoms with E-state index in [4.69, 9.17) is 4.74 Å². The molecule has 2 aromatic rings. The summed E-state index contributed by atoms with van der Waals surface area (Å²) in [5.74, 6) is -0.326. The average molecular weight is 376 g/mol. The lowest BCUT2D eigenvalue weighted by Gasteiger charge is -2.13. The summed E-state index contributed by atoms with van der Waals surface area (Å²) in [5.41, 5.74) is 3.63. The number of hydrogen-bond acceptors (Lipinski definition) is 4. The molecule has 0 unspecified atom stereocenters. The molecular weight excluding hydrogens is 352 g/mol. The second-order valence-corrected chi connectivity index (χ2v) is 7.86. The number of benzene rings is 2. The number of nitrogens with one attached hydrogen (secondary N) is 2. The molecule has 0 aliphatic carbocycles. The van der Waals surface area contributed by atoms with Crippen LogP contribution in [-0.4, -0.2) is 28.5 Å². The quantitative estimate of drug-likeness (QED) is 0.776. The van der Waals surface area contributed by atoms with Gasteiger partial charge in [-0.2, -0.15) is 0 Å². The lowest BCUT2D eigenvalue weighted by Crippen LogP contribution is -2.25. The standard InChI is InChI=1S/C19H24N2O4S/c1-13-9-17(10-18(14(13)2)26(23,24)20-3)19(22)21-11-15-7-5-6-8-16(15)12-25-4/h5-10,20H,11-12H2,1-4H3,(H,21,22). The molecule has 26 heavy (non-hydrogen) atoms. The minimum Gasteiger partial charge on any atom is -0.380 e. The SMILES string of the molecule is CNS(=O)(=O)c1cc(C(=O)NCc2ccccc2COC)cc(C)c1C. The number of ether oxygens (including phenoxy) is 1. The number of methoxy groups -OCH3 is 1. The van der Waals surface area contributed by atoms with E-state index in [0.29, 0.717) is 24.3 Å². The zero-order valence-corrected chi connectivity index (χ0v) is 16.2. The summed E-state index contributed by atoms with van der Waals surface area (Å²) >= 11 is 0. The Kier molecular flexibility index (Phi) is 6.52. The van der Waals surface area contributed by atoms with Crippen LogP contribution in [0.3, 0.4) is 0 Å². The summed E-state index contributed by atoms with van der Waals surface area (Å²) < 4.78 is 31.8. The van der Waals surface area contributed by atoms with E-state index in [1.54, 1.807) is 27.0 Å². The molecular formula is C19H24N2O4S. The maximum Gasteiger partial charge on any atom is 0.251 e. The highest BCUT2D eigenvalue weighted by atomic mass is 32.2. The lowest BCUT2D eigenvalue weighted by molar-refractivity contribution is 0.0950. The third kappa shape index (κ3) is 4.49. The number of sulfonamides is 1. The van der Waals surface area contributed by atoms with Gasteiger partial charge in [-0.3, -0.25) is 4.79 Å². The molecule has 0 saturated carbocycles. The summed E-state index contributed by atoms with van der Waals surface area (Å²) in [6, 6.07) is 10.8. The van der Waals surface area contributed by atoms with Gasteiger partial charge in [0, 0.05) is 19.2 Å². The van der Waals surface area contributed by atoms with Crippen molar-refractivity contribution in [2.75, 3.05) is 14.2 Å². The van der Waals surface area contributed by atoms with Gasteiger partial charge in [-0.1, -0.05) is 24.3 Å². The highest BCUT2D eigenvalue weighted by molar-refractivity contribution is 7.89. The summed E-state index contributed by atoms with van der Waals surface area (Å²) in [6.07, 6.45) is 0. The predicted octanol–water partition coefficient (Wildman–Crippen LogP) is 2.29. The lowest BCUT2D eigenvalue weighted by atomic mass is 10.1. The molecule has 6 nitrogen and oxygen atoms in total. The first-order valence-corrected chi connectivity index (χ1v) is 9.67. The van der Waals surface area contributed by atoms with Crippen LogP contribution in [0, 0.1) is 13.8 Å². The number of aryl methyl sites for hydroxylation is 1. The summed E-state index contributed by atoms with van der Waals surface area (Å²) in [4.78, 5) is 12.7. The van der Waals surface area contributed by atoms with Gasteiger partial charge in [-0.15, -0.1) is 0 Å². The Balaban J connectivity index is 2.26. The molecule has 140 valence electrons. The minimum atomic E-state index is -3.64. The summed E-state index contributed by atoms with van der Waals surface area (Å²) in [5, 5.41) is 2.85. The van der Waals surface area contributed by atoms with Gasteiger partial charge in [0.2, 0.25) is 10.0 Å². The maximum absolute atomic E-state index is 12.6. The smallest absolute Gasteiger partial charge is 0.251 e. The van der Waals surface area contributed by atoms with Crippen molar-refractivity contribution in [2.45, 2.75) is 31.9 Å². The van der Waals surface area contributed by atoms with Crippen LogP contribution < -0.4 is 10.0 Å². The molecule has 0 atom stereocenters. The molecule has 0 spiro atoms. The predicted molar refractivity (Wildman–Crippen MR) is 100 cm³/mol. The Bertz CT molecular complexity index is 908. The Morgan fingerprint density at radius 2 is 1.77 bits per heavy atom. The van der Waals surface area contributed by atoms with Crippen molar-refractivity contribution in [3.05, 3.63) is 64.2 Å². The Hall–Kier alpha value is -2.22. The normalized spacial score (nSPS) is 11.4. The molecule has 0 aliphatic rings. The van der Waals surface area contributed by atoms with Crippen LogP contribution >= 0.6 is 0 Å². The first-order valence-electron chi connectivity index (χ1n) is 8.19. The molecule has 7 heteroatoms. The highest BCUT2D eigenvalue weighted by Gasteiger charge is 2.19. The fraction of sp³-hybridized carbons (Fsp3) is 0.316. The van der Waals surface area contributed by atoms with Gasteiger partial charge in [-0.25, -0.2) is 13.1 Å². The Labute approximate surface area is 154 Å². The first kappa shape index (κ1) is 20.1. The third-order valence-electron chi connectivity index (χ3n) is 4.30. The van der Waals surface area contributed by atoms with Crippen molar-refractivity contribution < 1.29 is 17.9 Å². The second kappa shape index (κ2) is 8.44. The van der Waals surface area contributed by atoms with E-state index < -0.39 is 10.0 Å². The molecule has 2 rings (SSSR count). The topological polar surface area (TPSA) is 84.5 Å². The van der Waals surface area contributed by atoms with E-state index in [-0.39, 0.29) is 10.8 Å². The fourth-order valence-electron chi connectivity index (χ4n) is 2.65. The van der Waals surface area contributed by atoms with E-state index >= 15 is 0 Å². The van der Waals surface area contributed by atoms with Crippen molar-refractivity contribution in [3.8, 4) is 0 Å². The van der Waals surface area contributed by atoms with Crippen molar-refractivity contribution >= 4 is 15.9 Å². The van der Waals surface area contributed by atoms with Gasteiger partial charge in [0.15, 0.2) is 0 Å². The van der Waals surface area contributed by atoms with E-state index in [0.717, 1.165) is 16.7 Å². The minimum absolute atomic E-state index is 0.116. The Morgan fingerprint density at radius 3 is 2.38 bits per heavy atom. The van der Waals surface area contributed by atoms with Crippen LogP contribution in [0.25, 0.3) is 0 Å². The number of rotatable bonds is 7. The molecule has 0 heterocycles. The van der Waals surface area contributed by atoms with Crippen molar-refractivity contribution in [1.29, 1.82) is 0 Å². The molecule has 0 radical (unpaired) electrons. The molecule has 0 bridgehead atoms. The third-order valence-corrected chi connectivity index (χ3v) is 5.84. The number of carbonyl (C=O) groups is 1. The summed E-state index contributed by atoms with van der Waals surface area (Å²) in [7, 11) is -0.665. The van der Waals surface area contributed by atoms with Crippen LogP contribution in [0.4, 0.5) is 0 Å². The van der Waals surface area contributed by atoms with Gasteiger partial charge < -0.3 is 10.1 Å². The molecule has 0 fully saturated rings. The maximum atomic E-state index is 12.6. The molecule has 1 amide bonds. The van der Waals surface area contributed by atoms with Crippen LogP contribution in [0.5, 0.6) is 0 Å². The van der Waals surface area contributed by atoms with Crippen LogP contribution in [0.2, 0.25) is 0 Å². The van der Waals surface area contributed by atoms with Gasteiger partial charge in [-0.05, 0) is 55.3 Å². The van der Waals surface area contributed by atoms with Gasteiger partial charge in [0.25, 0.3) is 5.91 Å². The molecule has 0 aromatic heterocycles. The first-order chi connectivity index (χ1) is 12.3. The van der Waals surface area contributed by atoms with E-state index in [2.05, 4.69) is 10.0 Å². The van der Waals surface area contributed by atoms with Crippen molar-refractivity contribution in [1.82, 2.24) is 10.0 Å². The van der Waals surface area contributed by atoms with Gasteiger partial charge >= 0.3 is 0 Å². The number of hydrogen-bond donors (Lipinski definition) is 2. The fourth-order valence-corrected chi connectivity index (χ4v) is 3.72. The van der Waals surface area contributed by atoms with Crippen molar-refractivity contribution in [2.24, 2.45) is 0 Å². The van der Waals surface area contributed by atoms with E-state index in [9.17, 15) is 13.2 Å². The zero-order valence-electron chi connectivity index (χ0n) is 15.4. The molecule has 0 aliphatic heterocycles. The number of amides is 1. The molecule has 2 N–H and O–H groups in total. The average Bonchev–Trinajstić information content (AvgIpc) is 2.62. The largest absolute Gasteiger partial charge is 0.380 e. The van der Waals surface area contributed by atoms with Crippen LogP contribution in [0.1, 0.15) is 32.6 Å². The monoisotopic (exact) mass is 376 g/mol. The second-order valence-electron chi connectivity index (χ2n) is 6.01. The zero-order chi connectivity index (χ0) is 19.3. The number of carbonyl (C=O) groups excluding carboxylic acids is 1. The van der Waals surface area contributed by atoms with Gasteiger partial charge in [0.05, 0.1) is 11.5 Å². The van der Waals surface area contributed by atoms with Gasteiger partial charge in [0.1, 0.15) is 0 Å². The summed E-state index contributed by atoms with van der Waals surface area (Å²) in [6.45, 7) is 4.30. The Morgan fingerprint density at radius 1 is 1.12 bits per heavy atom. The van der Waals surface area contributed by atoms with E-state index in [1.165, 1.54) is 13.1 Å². The van der Waals surface area contributed by atoms with Crippen molar-refractivity contribution in [3.63, 3.8) is 0 Å². The van der Waals surface area contributed by atoms with E-state index in [1.807, 2.05) is 24.3 Å². The highest BCUT2D eigenvalue weighted by Crippen LogP contribution is 2.21. The van der Waals surface area contributed by atoms with Crippen LogP contribution in [0.15, 0.2) is 41.3 Å².